The molecule has 0 amide bonds. The maximum Gasteiger partial charge on any atom is 0.266 e. The number of imidazole rings is 1. The van der Waals surface area contributed by atoms with E-state index < -0.39 is 17.8 Å². The smallest absolute Gasteiger partial charge is 0.266 e. The van der Waals surface area contributed by atoms with E-state index in [9.17, 15) is 18.4 Å². The highest BCUT2D eigenvalue weighted by Gasteiger charge is 2.44. The number of halogens is 3. The summed E-state index contributed by atoms with van der Waals surface area (Å²) in [6.45, 7) is 0.595. The van der Waals surface area contributed by atoms with Crippen LogP contribution in [0, 0.1) is 17.1 Å². The molecule has 1 atom stereocenters. The van der Waals surface area contributed by atoms with E-state index in [1.165, 1.54) is 12.1 Å². The van der Waals surface area contributed by atoms with Gasteiger partial charge in [-0.05, 0) is 30.4 Å². The van der Waals surface area contributed by atoms with E-state index in [1.807, 2.05) is 11.1 Å². The highest BCUT2D eigenvalue weighted by atomic mass is 19.3. The first kappa shape index (κ1) is 21.2. The van der Waals surface area contributed by atoms with Crippen LogP contribution < -0.4 is 10.2 Å². The molecule has 31 heavy (non-hydrogen) atoms. The van der Waals surface area contributed by atoms with Gasteiger partial charge in [0.25, 0.3) is 5.92 Å². The Kier molecular flexibility index (Phi) is 5.89. The Balaban J connectivity index is 1.67. The molecule has 2 aromatic rings. The zero-order valence-electron chi connectivity index (χ0n) is 16.8. The minimum Gasteiger partial charge on any atom is -0.395 e. The van der Waals surface area contributed by atoms with E-state index in [4.69, 9.17) is 5.11 Å². The first-order valence-electron chi connectivity index (χ1n) is 10.1. The van der Waals surface area contributed by atoms with Gasteiger partial charge >= 0.3 is 0 Å². The van der Waals surface area contributed by atoms with Gasteiger partial charge in [-0.3, -0.25) is 4.57 Å². The molecule has 7 nitrogen and oxygen atoms in total. The Morgan fingerprint density at radius 1 is 1.35 bits per heavy atom. The molecule has 0 bridgehead atoms. The lowest BCUT2D eigenvalue weighted by molar-refractivity contribution is -0.0520. The highest BCUT2D eigenvalue weighted by molar-refractivity contribution is 5.79. The molecule has 0 aliphatic carbocycles. The monoisotopic (exact) mass is 432 g/mol. The summed E-state index contributed by atoms with van der Waals surface area (Å²) in [7, 11) is 0. The molecular weight excluding hydrogens is 409 g/mol. The lowest BCUT2D eigenvalue weighted by Gasteiger charge is -2.39. The summed E-state index contributed by atoms with van der Waals surface area (Å²) < 4.78 is 44.6. The third kappa shape index (κ3) is 4.38. The molecule has 164 valence electrons. The lowest BCUT2D eigenvalue weighted by Crippen LogP contribution is -2.58. The van der Waals surface area contributed by atoms with Gasteiger partial charge in [-0.1, -0.05) is 0 Å². The van der Waals surface area contributed by atoms with Crippen molar-refractivity contribution in [2.45, 2.75) is 25.1 Å². The predicted octanol–water partition coefficient (Wildman–Crippen LogP) is 2.21. The van der Waals surface area contributed by atoms with Crippen molar-refractivity contribution in [3.05, 3.63) is 47.9 Å². The lowest BCUT2D eigenvalue weighted by atomic mass is 10.0. The van der Waals surface area contributed by atoms with E-state index in [1.54, 1.807) is 27.7 Å². The topological polar surface area (TPSA) is 80.4 Å². The highest BCUT2D eigenvalue weighted by Crippen LogP contribution is 2.32. The largest absolute Gasteiger partial charge is 0.395 e. The van der Waals surface area contributed by atoms with Crippen LogP contribution in [0.4, 0.5) is 19.1 Å². The van der Waals surface area contributed by atoms with Gasteiger partial charge < -0.3 is 20.2 Å². The van der Waals surface area contributed by atoms with Crippen LogP contribution in [-0.2, 0) is 6.67 Å². The van der Waals surface area contributed by atoms with E-state index in [-0.39, 0.29) is 39.3 Å². The molecule has 0 saturated carbocycles. The van der Waals surface area contributed by atoms with E-state index in [0.29, 0.717) is 29.1 Å². The Morgan fingerprint density at radius 2 is 2.19 bits per heavy atom. The van der Waals surface area contributed by atoms with E-state index in [0.717, 1.165) is 0 Å². The van der Waals surface area contributed by atoms with Gasteiger partial charge in [0.15, 0.2) is 0 Å². The molecule has 2 aliphatic rings. The molecule has 2 aliphatic heterocycles. The number of benzene rings is 1. The van der Waals surface area contributed by atoms with Gasteiger partial charge in [0, 0.05) is 37.8 Å². The number of aliphatic hydroxyl groups is 1. The first-order valence-corrected chi connectivity index (χ1v) is 10.1. The summed E-state index contributed by atoms with van der Waals surface area (Å²) in [6.07, 6.45) is 4.95. The maximum atomic E-state index is 14.4. The number of hydrogen-bond donors (Lipinski definition) is 2. The summed E-state index contributed by atoms with van der Waals surface area (Å²) in [5, 5.41) is 20.9. The number of piperidine rings is 1. The van der Waals surface area contributed by atoms with Gasteiger partial charge in [-0.25, -0.2) is 18.2 Å². The molecule has 0 unspecified atom stereocenters. The number of rotatable bonds is 6. The summed E-state index contributed by atoms with van der Waals surface area (Å²) in [4.78, 5) is 8.26. The maximum absolute atomic E-state index is 14.4. The Hall–Kier alpha value is -3.03. The molecule has 3 heterocycles. The first-order chi connectivity index (χ1) is 14.9. The van der Waals surface area contributed by atoms with Crippen LogP contribution in [-0.4, -0.2) is 64.3 Å². The second kappa shape index (κ2) is 8.61. The third-order valence-electron chi connectivity index (χ3n) is 5.54. The van der Waals surface area contributed by atoms with Crippen LogP contribution in [0.15, 0.2) is 42.1 Å². The Labute approximate surface area is 177 Å². The molecule has 0 radical (unpaired) electrons. The summed E-state index contributed by atoms with van der Waals surface area (Å²) in [6, 6.07) is 5.25. The van der Waals surface area contributed by atoms with Gasteiger partial charge in [0.1, 0.15) is 5.82 Å². The molecule has 2 N–H and O–H groups in total. The second-order valence-corrected chi connectivity index (χ2v) is 7.69. The number of alkyl halides is 2. The molecule has 1 saturated heterocycles. The second-order valence-electron chi connectivity index (χ2n) is 7.69. The molecule has 4 rings (SSSR count). The van der Waals surface area contributed by atoms with Crippen molar-refractivity contribution in [2.75, 3.05) is 37.7 Å². The normalized spacial score (nSPS) is 20.7. The summed E-state index contributed by atoms with van der Waals surface area (Å²) >= 11 is 0. The SMILES string of the molecule is N#CC1=CC=CN(Cn2c(N3CCC(F)(F)[C@H](NCCO)C3)nc3ccc(F)cc32)C1. The van der Waals surface area contributed by atoms with E-state index >= 15 is 0 Å². The minimum atomic E-state index is -2.91. The van der Waals surface area contributed by atoms with Crippen LogP contribution in [0.2, 0.25) is 0 Å². The van der Waals surface area contributed by atoms with Crippen LogP contribution in [0.1, 0.15) is 6.42 Å². The summed E-state index contributed by atoms with van der Waals surface area (Å²) in [5.74, 6) is -2.86. The van der Waals surface area contributed by atoms with Crippen molar-refractivity contribution < 1.29 is 18.3 Å². The zero-order chi connectivity index (χ0) is 22.0. The number of nitriles is 1. The number of aliphatic hydroxyl groups excluding tert-OH is 1. The number of allylic oxidation sites excluding steroid dienone is 2. The van der Waals surface area contributed by atoms with Crippen molar-refractivity contribution in [3.63, 3.8) is 0 Å². The Bertz CT molecular complexity index is 1060. The number of anilines is 1. The molecule has 10 heteroatoms. The van der Waals surface area contributed by atoms with Crippen molar-refractivity contribution >= 4 is 17.0 Å². The van der Waals surface area contributed by atoms with Crippen molar-refractivity contribution in [2.24, 2.45) is 0 Å². The predicted molar refractivity (Wildman–Crippen MR) is 110 cm³/mol. The van der Waals surface area contributed by atoms with Crippen LogP contribution >= 0.6 is 0 Å². The number of hydrogen-bond acceptors (Lipinski definition) is 6. The van der Waals surface area contributed by atoms with Crippen molar-refractivity contribution in [3.8, 4) is 6.07 Å². The molecule has 0 spiro atoms. The van der Waals surface area contributed by atoms with Gasteiger partial charge in [0.05, 0.1) is 43.0 Å². The molecule has 1 aromatic carbocycles. The summed E-state index contributed by atoms with van der Waals surface area (Å²) in [5.41, 5.74) is 1.70. The van der Waals surface area contributed by atoms with E-state index in [2.05, 4.69) is 16.4 Å². The number of nitrogens with zero attached hydrogens (tertiary/aromatic N) is 5. The number of aromatic nitrogens is 2. The van der Waals surface area contributed by atoms with Crippen molar-refractivity contribution in [1.29, 1.82) is 5.26 Å². The van der Waals surface area contributed by atoms with Gasteiger partial charge in [-0.2, -0.15) is 5.26 Å². The average molecular weight is 432 g/mol. The van der Waals surface area contributed by atoms with Crippen LogP contribution in [0.3, 0.4) is 0 Å². The fourth-order valence-corrected chi connectivity index (χ4v) is 3.96. The van der Waals surface area contributed by atoms with Gasteiger partial charge in [-0.15, -0.1) is 0 Å². The standard InChI is InChI=1S/C21H23F3N6O/c22-16-3-4-17-18(10-16)30(14-28-7-1-2-15(11-25)12-28)20(27-17)29-8-5-21(23,24)19(13-29)26-6-9-31/h1-4,7,10,19,26,31H,5-6,8-9,12-14H2/t19-/m1/s1. The Morgan fingerprint density at radius 3 is 2.97 bits per heavy atom. The fraction of sp³-hybridized carbons (Fsp3) is 0.429. The third-order valence-corrected chi connectivity index (χ3v) is 5.54. The number of fused-ring (bicyclic) bond motifs is 1. The van der Waals surface area contributed by atoms with Crippen molar-refractivity contribution in [1.82, 2.24) is 19.8 Å². The molecular formula is C21H23F3N6O. The molecule has 1 aromatic heterocycles. The van der Waals surface area contributed by atoms with Crippen LogP contribution in [0.5, 0.6) is 0 Å². The van der Waals surface area contributed by atoms with Gasteiger partial charge in [0.2, 0.25) is 5.95 Å². The van der Waals surface area contributed by atoms with Crippen LogP contribution in [0.25, 0.3) is 11.0 Å². The average Bonchev–Trinajstić information content (AvgIpc) is 3.10. The minimum absolute atomic E-state index is 0.00199. The number of nitrogens with one attached hydrogen (secondary N) is 1. The quantitative estimate of drug-likeness (QED) is 0.729. The fourth-order valence-electron chi connectivity index (χ4n) is 3.96. The molecule has 1 fully saturated rings. The zero-order valence-corrected chi connectivity index (χ0v) is 16.8.